The molecule has 6 heteroatoms. The van der Waals surface area contributed by atoms with Crippen LogP contribution in [-0.2, 0) is 4.79 Å². The molecule has 0 fully saturated rings. The van der Waals surface area contributed by atoms with Crippen LogP contribution in [0.3, 0.4) is 0 Å². The van der Waals surface area contributed by atoms with Gasteiger partial charge in [-0.25, -0.2) is 0 Å². The van der Waals surface area contributed by atoms with Crippen molar-refractivity contribution in [3.8, 4) is 0 Å². The molecule has 1 N–H and O–H groups in total. The van der Waals surface area contributed by atoms with E-state index in [1.807, 2.05) is 0 Å². The quantitative estimate of drug-likeness (QED) is 0.690. The number of hydrogen-bond donors (Lipinski definition) is 1. The Bertz CT molecular complexity index is 157. The van der Waals surface area contributed by atoms with Gasteiger partial charge in [-0.15, -0.1) is 0 Å². The topological polar surface area (TPSA) is 40.5 Å². The monoisotopic (exact) mass is 185 g/mol. The Morgan fingerprint density at radius 3 is 2.25 bits per heavy atom. The first-order valence-electron chi connectivity index (χ1n) is 3.30. The van der Waals surface area contributed by atoms with Crippen molar-refractivity contribution in [3.05, 3.63) is 0 Å². The van der Waals surface area contributed by atoms with Crippen molar-refractivity contribution in [3.63, 3.8) is 0 Å². The molecule has 0 aromatic rings. The second kappa shape index (κ2) is 4.30. The van der Waals surface area contributed by atoms with Gasteiger partial charge in [-0.05, 0) is 0 Å². The van der Waals surface area contributed by atoms with Crippen LogP contribution in [0.25, 0.3) is 0 Å². The highest BCUT2D eigenvalue weighted by atomic mass is 19.4. The summed E-state index contributed by atoms with van der Waals surface area (Å²) in [6.07, 6.45) is -4.40. The van der Waals surface area contributed by atoms with E-state index in [-0.39, 0.29) is 6.54 Å². The molecule has 0 heterocycles. The zero-order valence-electron chi connectivity index (χ0n) is 6.56. The highest BCUT2D eigenvalue weighted by molar-refractivity contribution is 5.73. The van der Waals surface area contributed by atoms with Gasteiger partial charge in [-0.2, -0.15) is 13.2 Å². The summed E-state index contributed by atoms with van der Waals surface area (Å²) in [5.74, 6) is -0.693. The molecular weight excluding hydrogens is 175 g/mol. The van der Waals surface area contributed by atoms with Crippen molar-refractivity contribution in [2.75, 3.05) is 19.7 Å². The van der Waals surface area contributed by atoms with Crippen LogP contribution in [0.15, 0.2) is 0 Å². The number of rotatable bonds is 3. The number of aliphatic hydroxyl groups is 1. The molecule has 1 amide bonds. The second-order valence-electron chi connectivity index (χ2n) is 2.28. The van der Waals surface area contributed by atoms with Crippen molar-refractivity contribution in [2.24, 2.45) is 0 Å². The Morgan fingerprint density at radius 2 is 2.00 bits per heavy atom. The zero-order chi connectivity index (χ0) is 9.78. The first-order chi connectivity index (χ1) is 5.37. The van der Waals surface area contributed by atoms with Crippen LogP contribution in [0.5, 0.6) is 0 Å². The van der Waals surface area contributed by atoms with E-state index >= 15 is 0 Å². The molecule has 0 spiro atoms. The third-order valence-corrected chi connectivity index (χ3v) is 1.19. The summed E-state index contributed by atoms with van der Waals surface area (Å²) in [6, 6.07) is 0. The molecule has 0 aliphatic heterocycles. The van der Waals surface area contributed by atoms with Gasteiger partial charge in [0, 0.05) is 13.5 Å². The van der Waals surface area contributed by atoms with Crippen LogP contribution in [0.4, 0.5) is 13.2 Å². The molecule has 0 aromatic carbocycles. The predicted molar refractivity (Wildman–Crippen MR) is 35.4 cm³/mol. The summed E-state index contributed by atoms with van der Waals surface area (Å²) in [5, 5.41) is 8.32. The van der Waals surface area contributed by atoms with Crippen LogP contribution in [0.1, 0.15) is 6.92 Å². The van der Waals surface area contributed by atoms with E-state index in [2.05, 4.69) is 0 Å². The Hall–Kier alpha value is -0.780. The molecule has 12 heavy (non-hydrogen) atoms. The van der Waals surface area contributed by atoms with Gasteiger partial charge < -0.3 is 10.0 Å². The van der Waals surface area contributed by atoms with Crippen molar-refractivity contribution < 1.29 is 23.1 Å². The Balaban J connectivity index is 4.05. The first-order valence-corrected chi connectivity index (χ1v) is 3.30. The fourth-order valence-corrected chi connectivity index (χ4v) is 0.685. The normalized spacial score (nSPS) is 11.4. The number of amides is 1. The first kappa shape index (κ1) is 11.2. The lowest BCUT2D eigenvalue weighted by Crippen LogP contribution is -2.39. The maximum atomic E-state index is 11.7. The number of hydrogen-bond acceptors (Lipinski definition) is 2. The summed E-state index contributed by atoms with van der Waals surface area (Å²) < 4.78 is 35.1. The molecule has 0 unspecified atom stereocenters. The van der Waals surface area contributed by atoms with Gasteiger partial charge in [0.15, 0.2) is 0 Å². The third-order valence-electron chi connectivity index (χ3n) is 1.19. The number of aliphatic hydroxyl groups excluding tert-OH is 1. The average Bonchev–Trinajstić information content (AvgIpc) is 1.83. The number of carbonyl (C=O) groups excluding carboxylic acids is 1. The smallest absolute Gasteiger partial charge is 0.395 e. The minimum Gasteiger partial charge on any atom is -0.395 e. The highest BCUT2D eigenvalue weighted by Gasteiger charge is 2.31. The molecule has 0 saturated heterocycles. The van der Waals surface area contributed by atoms with Gasteiger partial charge >= 0.3 is 6.18 Å². The van der Waals surface area contributed by atoms with E-state index in [0.29, 0.717) is 4.90 Å². The van der Waals surface area contributed by atoms with Crippen LogP contribution in [0, 0.1) is 0 Å². The molecule has 0 saturated carbocycles. The Kier molecular flexibility index (Phi) is 4.02. The van der Waals surface area contributed by atoms with Gasteiger partial charge in [-0.1, -0.05) is 0 Å². The second-order valence-corrected chi connectivity index (χ2v) is 2.28. The molecular formula is C6H10F3NO2. The summed E-state index contributed by atoms with van der Waals surface area (Å²) in [6.45, 7) is -1.02. The van der Waals surface area contributed by atoms with Gasteiger partial charge in [-0.3, -0.25) is 4.79 Å². The van der Waals surface area contributed by atoms with E-state index in [4.69, 9.17) is 5.11 Å². The van der Waals surface area contributed by atoms with E-state index < -0.39 is 25.2 Å². The number of halogens is 3. The molecule has 3 nitrogen and oxygen atoms in total. The summed E-state index contributed by atoms with van der Waals surface area (Å²) in [4.78, 5) is 11.1. The van der Waals surface area contributed by atoms with Crippen molar-refractivity contribution >= 4 is 5.91 Å². The third kappa shape index (κ3) is 4.95. The average molecular weight is 185 g/mol. The maximum Gasteiger partial charge on any atom is 0.406 e. The predicted octanol–water partition coefficient (Wildman–Crippen LogP) is 0.390. The molecule has 0 bridgehead atoms. The standard InChI is InChI=1S/C6H10F3NO2/c1-5(12)10(2-3-11)4-6(7,8)9/h11H,2-4H2,1H3. The zero-order valence-corrected chi connectivity index (χ0v) is 6.56. The van der Waals surface area contributed by atoms with E-state index in [1.165, 1.54) is 0 Å². The van der Waals surface area contributed by atoms with E-state index in [0.717, 1.165) is 6.92 Å². The van der Waals surface area contributed by atoms with Gasteiger partial charge in [0.25, 0.3) is 0 Å². The number of carbonyl (C=O) groups is 1. The van der Waals surface area contributed by atoms with Crippen LogP contribution >= 0.6 is 0 Å². The van der Waals surface area contributed by atoms with Crippen molar-refractivity contribution in [2.45, 2.75) is 13.1 Å². The highest BCUT2D eigenvalue weighted by Crippen LogP contribution is 2.16. The van der Waals surface area contributed by atoms with Crippen molar-refractivity contribution in [1.82, 2.24) is 4.90 Å². The van der Waals surface area contributed by atoms with Crippen LogP contribution < -0.4 is 0 Å². The minimum absolute atomic E-state index is 0.283. The van der Waals surface area contributed by atoms with Gasteiger partial charge in [0.1, 0.15) is 6.54 Å². The largest absolute Gasteiger partial charge is 0.406 e. The van der Waals surface area contributed by atoms with Gasteiger partial charge in [0.2, 0.25) is 5.91 Å². The minimum atomic E-state index is -4.40. The molecule has 0 rings (SSSR count). The van der Waals surface area contributed by atoms with Crippen LogP contribution in [-0.4, -0.2) is 41.8 Å². The molecule has 0 aromatic heterocycles. The number of nitrogens with zero attached hydrogens (tertiary/aromatic N) is 1. The molecule has 72 valence electrons. The van der Waals surface area contributed by atoms with Crippen molar-refractivity contribution in [1.29, 1.82) is 0 Å². The van der Waals surface area contributed by atoms with Crippen LogP contribution in [0.2, 0.25) is 0 Å². The van der Waals surface area contributed by atoms with E-state index in [1.54, 1.807) is 0 Å². The fourth-order valence-electron chi connectivity index (χ4n) is 0.685. The number of alkyl halides is 3. The Morgan fingerprint density at radius 1 is 1.50 bits per heavy atom. The maximum absolute atomic E-state index is 11.7. The lowest BCUT2D eigenvalue weighted by Gasteiger charge is -2.20. The lowest BCUT2D eigenvalue weighted by molar-refractivity contribution is -0.160. The summed E-state index contributed by atoms with van der Waals surface area (Å²) in [7, 11) is 0. The lowest BCUT2D eigenvalue weighted by atomic mass is 10.4. The summed E-state index contributed by atoms with van der Waals surface area (Å²) in [5.41, 5.74) is 0. The fraction of sp³-hybridized carbons (Fsp3) is 0.833. The summed E-state index contributed by atoms with van der Waals surface area (Å²) >= 11 is 0. The van der Waals surface area contributed by atoms with Gasteiger partial charge in [0.05, 0.1) is 6.61 Å². The SMILES string of the molecule is CC(=O)N(CCO)CC(F)(F)F. The molecule has 0 radical (unpaired) electrons. The molecule has 0 aliphatic rings. The molecule has 0 aliphatic carbocycles. The van der Waals surface area contributed by atoms with E-state index in [9.17, 15) is 18.0 Å². The molecule has 0 atom stereocenters. The Labute approximate surface area is 67.8 Å².